The second kappa shape index (κ2) is 6.86. The summed E-state index contributed by atoms with van der Waals surface area (Å²) >= 11 is 0. The highest BCUT2D eigenvalue weighted by Crippen LogP contribution is 2.39. The standard InChI is InChI=1S/C21H23N5.CH4/c22-12-14-8-10-25(11-9-14)21-16-5-3-4-15(16)17(13-23)20-24-18-6-1-2-7-19(18)26(20)21;/h1-2,6-7,14H,3-5,8-12,22H2;1H4. The highest BCUT2D eigenvalue weighted by atomic mass is 15.2. The fraction of sp³-hybridized carbons (Fsp3) is 0.455. The van der Waals surface area contributed by atoms with Crippen LogP contribution in [0.3, 0.4) is 0 Å². The number of nitrogens with zero attached hydrogens (tertiary/aromatic N) is 4. The van der Waals surface area contributed by atoms with E-state index in [2.05, 4.69) is 27.5 Å². The van der Waals surface area contributed by atoms with Crippen molar-refractivity contribution in [3.05, 3.63) is 41.0 Å². The zero-order chi connectivity index (χ0) is 17.7. The maximum atomic E-state index is 9.86. The van der Waals surface area contributed by atoms with E-state index in [4.69, 9.17) is 10.7 Å². The van der Waals surface area contributed by atoms with Crippen molar-refractivity contribution < 1.29 is 0 Å². The zero-order valence-corrected chi connectivity index (χ0v) is 14.9. The number of nitriles is 1. The predicted molar refractivity (Wildman–Crippen MR) is 110 cm³/mol. The van der Waals surface area contributed by atoms with Crippen LogP contribution < -0.4 is 10.6 Å². The van der Waals surface area contributed by atoms with Crippen molar-refractivity contribution >= 4 is 22.5 Å². The first-order valence-electron chi connectivity index (χ1n) is 9.62. The molecule has 0 amide bonds. The van der Waals surface area contributed by atoms with Gasteiger partial charge >= 0.3 is 0 Å². The van der Waals surface area contributed by atoms with E-state index in [1.165, 1.54) is 16.9 Å². The SMILES string of the molecule is C.N#Cc1c2c(c(N3CCC(CN)CC3)n3c1nc1ccccc13)CCC2. The van der Waals surface area contributed by atoms with E-state index in [1.54, 1.807) is 0 Å². The highest BCUT2D eigenvalue weighted by Gasteiger charge is 2.30. The van der Waals surface area contributed by atoms with Gasteiger partial charge in [-0.25, -0.2) is 4.98 Å². The first-order chi connectivity index (χ1) is 12.8. The molecule has 5 nitrogen and oxygen atoms in total. The third kappa shape index (κ3) is 2.59. The first kappa shape index (κ1) is 17.8. The molecule has 140 valence electrons. The number of fused-ring (bicyclic) bond motifs is 4. The van der Waals surface area contributed by atoms with Crippen LogP contribution in [0.25, 0.3) is 16.7 Å². The third-order valence-electron chi connectivity index (χ3n) is 6.14. The summed E-state index contributed by atoms with van der Waals surface area (Å²) in [5.41, 5.74) is 12.1. The van der Waals surface area contributed by atoms with E-state index in [0.29, 0.717) is 5.92 Å². The molecule has 1 aromatic carbocycles. The van der Waals surface area contributed by atoms with Gasteiger partial charge < -0.3 is 10.6 Å². The monoisotopic (exact) mass is 361 g/mol. The lowest BCUT2D eigenvalue weighted by atomic mass is 9.96. The lowest BCUT2D eigenvalue weighted by Crippen LogP contribution is -2.37. The van der Waals surface area contributed by atoms with Crippen LogP contribution in [0.4, 0.5) is 5.82 Å². The molecule has 27 heavy (non-hydrogen) atoms. The van der Waals surface area contributed by atoms with E-state index in [1.807, 2.05) is 12.1 Å². The van der Waals surface area contributed by atoms with Gasteiger partial charge in [0.05, 0.1) is 16.6 Å². The van der Waals surface area contributed by atoms with Crippen LogP contribution in [0, 0.1) is 17.2 Å². The van der Waals surface area contributed by atoms with E-state index >= 15 is 0 Å². The molecule has 1 aliphatic carbocycles. The fourth-order valence-corrected chi connectivity index (χ4v) is 4.77. The minimum atomic E-state index is 0. The average molecular weight is 361 g/mol. The average Bonchev–Trinajstić information content (AvgIpc) is 3.31. The molecule has 5 rings (SSSR count). The number of anilines is 1. The Labute approximate surface area is 160 Å². The van der Waals surface area contributed by atoms with Gasteiger partial charge in [0.15, 0.2) is 5.65 Å². The van der Waals surface area contributed by atoms with E-state index in [9.17, 15) is 5.26 Å². The molecule has 0 atom stereocenters. The van der Waals surface area contributed by atoms with Gasteiger partial charge in [0.1, 0.15) is 11.9 Å². The molecule has 0 radical (unpaired) electrons. The van der Waals surface area contributed by atoms with Gasteiger partial charge in [-0.3, -0.25) is 4.40 Å². The van der Waals surface area contributed by atoms with Crippen molar-refractivity contribution in [2.24, 2.45) is 11.7 Å². The lowest BCUT2D eigenvalue weighted by molar-refractivity contribution is 0.412. The van der Waals surface area contributed by atoms with Gasteiger partial charge in [-0.15, -0.1) is 0 Å². The lowest BCUT2D eigenvalue weighted by Gasteiger charge is -2.35. The summed E-state index contributed by atoms with van der Waals surface area (Å²) in [4.78, 5) is 7.36. The maximum absolute atomic E-state index is 9.86. The summed E-state index contributed by atoms with van der Waals surface area (Å²) in [6.45, 7) is 2.84. The Morgan fingerprint density at radius 1 is 1.15 bits per heavy atom. The summed E-state index contributed by atoms with van der Waals surface area (Å²) in [5, 5.41) is 9.86. The van der Waals surface area contributed by atoms with Crippen molar-refractivity contribution in [2.75, 3.05) is 24.5 Å². The Kier molecular flexibility index (Phi) is 4.53. The van der Waals surface area contributed by atoms with Gasteiger partial charge in [-0.2, -0.15) is 5.26 Å². The topological polar surface area (TPSA) is 70.3 Å². The normalized spacial score (nSPS) is 17.1. The maximum Gasteiger partial charge on any atom is 0.157 e. The molecule has 2 aliphatic rings. The Morgan fingerprint density at radius 2 is 1.89 bits per heavy atom. The van der Waals surface area contributed by atoms with Crippen LogP contribution in [0.5, 0.6) is 0 Å². The Balaban J connectivity index is 0.00000180. The van der Waals surface area contributed by atoms with Crippen LogP contribution in [0.1, 0.15) is 43.4 Å². The third-order valence-corrected chi connectivity index (χ3v) is 6.14. The summed E-state index contributed by atoms with van der Waals surface area (Å²) in [7, 11) is 0. The van der Waals surface area contributed by atoms with E-state index in [0.717, 1.165) is 74.0 Å². The number of imidazole rings is 1. The number of aromatic nitrogens is 2. The van der Waals surface area contributed by atoms with Crippen LogP contribution >= 0.6 is 0 Å². The predicted octanol–water partition coefficient (Wildman–Crippen LogP) is 3.66. The van der Waals surface area contributed by atoms with Gasteiger partial charge in [0, 0.05) is 13.1 Å². The number of nitrogens with two attached hydrogens (primary N) is 1. The van der Waals surface area contributed by atoms with Crippen LogP contribution in [0.2, 0.25) is 0 Å². The Bertz CT molecular complexity index is 1030. The van der Waals surface area contributed by atoms with Gasteiger partial charge in [-0.05, 0) is 67.8 Å². The molecule has 1 saturated heterocycles. The molecule has 3 aromatic rings. The van der Waals surface area contributed by atoms with Crippen molar-refractivity contribution in [1.82, 2.24) is 9.38 Å². The molecule has 0 saturated carbocycles. The van der Waals surface area contributed by atoms with Gasteiger partial charge in [0.25, 0.3) is 0 Å². The molecular formula is C22H27N5. The second-order valence-corrected chi connectivity index (χ2v) is 7.55. The number of rotatable bonds is 2. The van der Waals surface area contributed by atoms with Crippen LogP contribution in [-0.4, -0.2) is 29.0 Å². The number of para-hydroxylation sites is 2. The number of hydrogen-bond acceptors (Lipinski definition) is 4. The summed E-state index contributed by atoms with van der Waals surface area (Å²) < 4.78 is 2.25. The molecule has 2 aromatic heterocycles. The molecule has 1 fully saturated rings. The number of benzene rings is 1. The molecule has 0 spiro atoms. The molecule has 3 heterocycles. The summed E-state index contributed by atoms with van der Waals surface area (Å²) in [5.74, 6) is 1.91. The van der Waals surface area contributed by atoms with Crippen LogP contribution in [0.15, 0.2) is 24.3 Å². The van der Waals surface area contributed by atoms with E-state index in [-0.39, 0.29) is 7.43 Å². The van der Waals surface area contributed by atoms with E-state index < -0.39 is 0 Å². The molecule has 2 N–H and O–H groups in total. The molecule has 0 unspecified atom stereocenters. The Morgan fingerprint density at radius 3 is 2.63 bits per heavy atom. The number of piperidine rings is 1. The largest absolute Gasteiger partial charge is 0.357 e. The summed E-state index contributed by atoms with van der Waals surface area (Å²) in [6.07, 6.45) is 5.45. The van der Waals surface area contributed by atoms with Crippen molar-refractivity contribution in [3.63, 3.8) is 0 Å². The highest BCUT2D eigenvalue weighted by molar-refractivity contribution is 5.86. The zero-order valence-electron chi connectivity index (χ0n) is 14.9. The molecule has 5 heteroatoms. The molecule has 0 bridgehead atoms. The van der Waals surface area contributed by atoms with Crippen molar-refractivity contribution in [1.29, 1.82) is 5.26 Å². The molecule has 1 aliphatic heterocycles. The smallest absolute Gasteiger partial charge is 0.157 e. The fourth-order valence-electron chi connectivity index (χ4n) is 4.77. The minimum Gasteiger partial charge on any atom is -0.357 e. The van der Waals surface area contributed by atoms with Crippen molar-refractivity contribution in [3.8, 4) is 6.07 Å². The van der Waals surface area contributed by atoms with Crippen molar-refractivity contribution in [2.45, 2.75) is 39.5 Å². The first-order valence-corrected chi connectivity index (χ1v) is 9.62. The number of hydrogen-bond donors (Lipinski definition) is 1. The van der Waals surface area contributed by atoms with Gasteiger partial charge in [-0.1, -0.05) is 19.6 Å². The van der Waals surface area contributed by atoms with Crippen LogP contribution in [-0.2, 0) is 12.8 Å². The quantitative estimate of drug-likeness (QED) is 0.756. The number of pyridine rings is 1. The molecular weight excluding hydrogens is 334 g/mol. The Hall–Kier alpha value is -2.58. The summed E-state index contributed by atoms with van der Waals surface area (Å²) in [6, 6.07) is 10.7. The second-order valence-electron chi connectivity index (χ2n) is 7.55. The van der Waals surface area contributed by atoms with Gasteiger partial charge in [0.2, 0.25) is 0 Å². The minimum absolute atomic E-state index is 0.